The van der Waals surface area contributed by atoms with E-state index in [0.29, 0.717) is 6.29 Å². The molecule has 1 aromatic heterocycles. The molecule has 1 heterocycles. The van der Waals surface area contributed by atoms with Crippen LogP contribution in [0.5, 0.6) is 5.75 Å². The number of aryl methyl sites for hydroxylation is 1. The summed E-state index contributed by atoms with van der Waals surface area (Å²) in [5.74, 6) is -0.561. The molecule has 0 amide bonds. The minimum atomic E-state index is -0.541. The van der Waals surface area contributed by atoms with Gasteiger partial charge in [0.1, 0.15) is 6.61 Å². The molecule has 0 N–H and O–H groups in total. The van der Waals surface area contributed by atoms with Gasteiger partial charge in [0.2, 0.25) is 0 Å². The van der Waals surface area contributed by atoms with Crippen LogP contribution in [0, 0.1) is 12.7 Å². The molecule has 0 saturated heterocycles. The van der Waals surface area contributed by atoms with Crippen molar-refractivity contribution in [3.63, 3.8) is 0 Å². The van der Waals surface area contributed by atoms with Crippen molar-refractivity contribution in [3.8, 4) is 5.75 Å². The van der Waals surface area contributed by atoms with Crippen LogP contribution in [-0.4, -0.2) is 11.3 Å². The number of aromatic nitrogens is 1. The van der Waals surface area contributed by atoms with Gasteiger partial charge in [0.25, 0.3) is 0 Å². The normalized spacial score (nSPS) is 10.1. The van der Waals surface area contributed by atoms with Crippen molar-refractivity contribution in [3.05, 3.63) is 59.2 Å². The molecule has 18 heavy (non-hydrogen) atoms. The molecule has 0 atom stereocenters. The first-order valence-electron chi connectivity index (χ1n) is 5.47. The van der Waals surface area contributed by atoms with Gasteiger partial charge < -0.3 is 4.74 Å². The lowest BCUT2D eigenvalue weighted by Gasteiger charge is -2.09. The Morgan fingerprint density at radius 1 is 1.39 bits per heavy atom. The second-order valence-electron chi connectivity index (χ2n) is 3.94. The van der Waals surface area contributed by atoms with Gasteiger partial charge in [-0.3, -0.25) is 9.78 Å². The summed E-state index contributed by atoms with van der Waals surface area (Å²) in [5.41, 5.74) is 2.03. The number of aldehydes is 1. The van der Waals surface area contributed by atoms with Crippen molar-refractivity contribution in [2.45, 2.75) is 13.5 Å². The molecule has 0 radical (unpaired) electrons. The van der Waals surface area contributed by atoms with E-state index in [2.05, 4.69) is 4.98 Å². The molecule has 2 rings (SSSR count). The lowest BCUT2D eigenvalue weighted by atomic mass is 10.2. The molecule has 92 valence electrons. The molecule has 4 heteroatoms. The summed E-state index contributed by atoms with van der Waals surface area (Å²) in [7, 11) is 0. The van der Waals surface area contributed by atoms with E-state index in [4.69, 9.17) is 4.74 Å². The third-order valence-electron chi connectivity index (χ3n) is 2.44. The molecule has 0 aliphatic carbocycles. The van der Waals surface area contributed by atoms with Crippen LogP contribution in [0.1, 0.15) is 21.5 Å². The van der Waals surface area contributed by atoms with Gasteiger partial charge in [-0.2, -0.15) is 0 Å². The molecule has 0 fully saturated rings. The Balaban J connectivity index is 2.18. The topological polar surface area (TPSA) is 39.2 Å². The fourth-order valence-electron chi connectivity index (χ4n) is 1.62. The van der Waals surface area contributed by atoms with E-state index in [0.717, 1.165) is 11.1 Å². The van der Waals surface area contributed by atoms with Gasteiger partial charge in [0, 0.05) is 18.0 Å². The number of pyridine rings is 1. The number of carbonyl (C=O) groups is 1. The summed E-state index contributed by atoms with van der Waals surface area (Å²) >= 11 is 0. The van der Waals surface area contributed by atoms with Crippen molar-refractivity contribution in [2.24, 2.45) is 0 Å². The molecule has 0 saturated carbocycles. The van der Waals surface area contributed by atoms with E-state index in [-0.39, 0.29) is 17.9 Å². The summed E-state index contributed by atoms with van der Waals surface area (Å²) in [4.78, 5) is 14.8. The first kappa shape index (κ1) is 12.2. The van der Waals surface area contributed by atoms with Crippen LogP contribution in [0.4, 0.5) is 4.39 Å². The highest BCUT2D eigenvalue weighted by Crippen LogP contribution is 2.22. The first-order valence-corrected chi connectivity index (χ1v) is 5.47. The van der Waals surface area contributed by atoms with E-state index in [9.17, 15) is 9.18 Å². The van der Waals surface area contributed by atoms with E-state index in [1.165, 1.54) is 18.2 Å². The van der Waals surface area contributed by atoms with Gasteiger partial charge in [-0.15, -0.1) is 0 Å². The lowest BCUT2D eigenvalue weighted by molar-refractivity contribution is 0.111. The number of ether oxygens (including phenoxy) is 1. The summed E-state index contributed by atoms with van der Waals surface area (Å²) < 4.78 is 18.9. The number of hydrogen-bond acceptors (Lipinski definition) is 3. The minimum absolute atomic E-state index is 0.0194. The second kappa shape index (κ2) is 5.40. The van der Waals surface area contributed by atoms with Crippen molar-refractivity contribution in [2.75, 3.05) is 0 Å². The predicted octanol–water partition coefficient (Wildman–Crippen LogP) is 2.92. The van der Waals surface area contributed by atoms with Crippen LogP contribution < -0.4 is 4.74 Å². The monoisotopic (exact) mass is 245 g/mol. The average Bonchev–Trinajstić information content (AvgIpc) is 2.37. The molecular weight excluding hydrogens is 233 g/mol. The van der Waals surface area contributed by atoms with Crippen LogP contribution in [0.3, 0.4) is 0 Å². The number of nitrogens with zero attached hydrogens (tertiary/aromatic N) is 1. The van der Waals surface area contributed by atoms with Crippen molar-refractivity contribution >= 4 is 6.29 Å². The molecule has 0 spiro atoms. The number of para-hydroxylation sites is 1. The van der Waals surface area contributed by atoms with Crippen LogP contribution in [0.25, 0.3) is 0 Å². The summed E-state index contributed by atoms with van der Waals surface area (Å²) in [6.07, 6.45) is 3.95. The van der Waals surface area contributed by atoms with Crippen LogP contribution in [-0.2, 0) is 6.61 Å². The van der Waals surface area contributed by atoms with E-state index in [1.807, 2.05) is 13.0 Å². The van der Waals surface area contributed by atoms with Crippen molar-refractivity contribution in [1.82, 2.24) is 4.98 Å². The largest absolute Gasteiger partial charge is 0.485 e. The fraction of sp³-hybridized carbons (Fsp3) is 0.143. The Kier molecular flexibility index (Phi) is 3.67. The molecule has 0 unspecified atom stereocenters. The maximum Gasteiger partial charge on any atom is 0.165 e. The number of halogens is 1. The van der Waals surface area contributed by atoms with E-state index in [1.54, 1.807) is 12.4 Å². The van der Waals surface area contributed by atoms with Gasteiger partial charge >= 0.3 is 0 Å². The Morgan fingerprint density at radius 3 is 2.94 bits per heavy atom. The summed E-state index contributed by atoms with van der Waals surface area (Å²) in [6, 6.07) is 6.14. The number of hydrogen-bond donors (Lipinski definition) is 0. The lowest BCUT2D eigenvalue weighted by Crippen LogP contribution is -2.01. The smallest absolute Gasteiger partial charge is 0.165 e. The van der Waals surface area contributed by atoms with Gasteiger partial charge in [-0.25, -0.2) is 4.39 Å². The van der Waals surface area contributed by atoms with E-state index >= 15 is 0 Å². The van der Waals surface area contributed by atoms with Crippen molar-refractivity contribution < 1.29 is 13.9 Å². The zero-order valence-corrected chi connectivity index (χ0v) is 9.89. The van der Waals surface area contributed by atoms with Crippen molar-refractivity contribution in [1.29, 1.82) is 0 Å². The van der Waals surface area contributed by atoms with Crippen LogP contribution in [0.15, 0.2) is 36.7 Å². The highest BCUT2D eigenvalue weighted by atomic mass is 19.1. The molecule has 1 aromatic carbocycles. The maximum atomic E-state index is 13.5. The summed E-state index contributed by atoms with van der Waals surface area (Å²) in [5, 5.41) is 0. The highest BCUT2D eigenvalue weighted by molar-refractivity contribution is 5.79. The second-order valence-corrected chi connectivity index (χ2v) is 3.94. The first-order chi connectivity index (χ1) is 8.70. The average molecular weight is 245 g/mol. The standard InChI is InChI=1S/C14H12FNO2/c1-10-5-11(7-16-6-10)9-18-14-12(8-17)3-2-4-13(14)15/h2-8H,9H2,1H3. The van der Waals surface area contributed by atoms with Crippen LogP contribution >= 0.6 is 0 Å². The SMILES string of the molecule is Cc1cncc(COc2c(F)cccc2C=O)c1. The molecule has 3 nitrogen and oxygen atoms in total. The summed E-state index contributed by atoms with van der Waals surface area (Å²) in [6.45, 7) is 2.09. The molecule has 2 aromatic rings. The molecule has 0 aliphatic heterocycles. The number of carbonyl (C=O) groups excluding carboxylic acids is 1. The third-order valence-corrected chi connectivity index (χ3v) is 2.44. The Bertz CT molecular complexity index is 569. The third kappa shape index (κ3) is 2.71. The molecule has 0 aliphatic rings. The molecule has 0 bridgehead atoms. The van der Waals surface area contributed by atoms with Gasteiger partial charge in [-0.05, 0) is 30.7 Å². The van der Waals surface area contributed by atoms with Gasteiger partial charge in [0.05, 0.1) is 5.56 Å². The zero-order valence-electron chi connectivity index (χ0n) is 9.89. The van der Waals surface area contributed by atoms with E-state index < -0.39 is 5.82 Å². The Hall–Kier alpha value is -2.23. The zero-order chi connectivity index (χ0) is 13.0. The molecular formula is C14H12FNO2. The van der Waals surface area contributed by atoms with Gasteiger partial charge in [-0.1, -0.05) is 6.07 Å². The van der Waals surface area contributed by atoms with Crippen LogP contribution in [0.2, 0.25) is 0 Å². The number of benzene rings is 1. The highest BCUT2D eigenvalue weighted by Gasteiger charge is 2.09. The number of rotatable bonds is 4. The van der Waals surface area contributed by atoms with Gasteiger partial charge in [0.15, 0.2) is 17.9 Å². The fourth-order valence-corrected chi connectivity index (χ4v) is 1.62. The minimum Gasteiger partial charge on any atom is -0.485 e. The quantitative estimate of drug-likeness (QED) is 0.777. The predicted molar refractivity (Wildman–Crippen MR) is 65.1 cm³/mol. The maximum absolute atomic E-state index is 13.5. The Morgan fingerprint density at radius 2 is 2.22 bits per heavy atom. The Labute approximate surface area is 104 Å².